The molecule has 1 atom stereocenters. The van der Waals surface area contributed by atoms with Crippen LogP contribution >= 0.6 is 0 Å². The Morgan fingerprint density at radius 3 is 2.64 bits per heavy atom. The molecule has 0 saturated heterocycles. The van der Waals surface area contributed by atoms with Crippen LogP contribution < -0.4 is 15.8 Å². The number of para-hydroxylation sites is 1. The van der Waals surface area contributed by atoms with Gasteiger partial charge in [-0.2, -0.15) is 0 Å². The maximum Gasteiger partial charge on any atom is 0.249 e. The standard InChI is InChI=1S/C19H19N3O3/c1-25-13-8-6-12(7-9-13)17(23)11-21-18-10-15(19(20)24)14-4-2-3-5-16(14)22-18/h2-10,17,23H,11H2,1H3,(H2,20,24)(H,21,22). The molecule has 1 heterocycles. The van der Waals surface area contributed by atoms with Gasteiger partial charge in [-0.05, 0) is 29.8 Å². The normalized spacial score (nSPS) is 11.9. The number of carbonyl (C=O) groups excluding carboxylic acids is 1. The predicted molar refractivity (Wildman–Crippen MR) is 96.7 cm³/mol. The minimum absolute atomic E-state index is 0.246. The first kappa shape index (κ1) is 16.7. The van der Waals surface area contributed by atoms with Gasteiger partial charge in [0.05, 0.1) is 24.3 Å². The number of primary amides is 1. The van der Waals surface area contributed by atoms with Crippen molar-refractivity contribution in [1.29, 1.82) is 0 Å². The van der Waals surface area contributed by atoms with Gasteiger partial charge in [-0.15, -0.1) is 0 Å². The van der Waals surface area contributed by atoms with E-state index in [9.17, 15) is 9.90 Å². The molecule has 1 unspecified atom stereocenters. The smallest absolute Gasteiger partial charge is 0.249 e. The molecule has 1 aromatic heterocycles. The fourth-order valence-electron chi connectivity index (χ4n) is 2.61. The average molecular weight is 337 g/mol. The molecule has 0 fully saturated rings. The number of nitrogens with zero attached hydrogens (tertiary/aromatic N) is 1. The second-order valence-electron chi connectivity index (χ2n) is 5.61. The number of amides is 1. The Morgan fingerprint density at radius 2 is 1.96 bits per heavy atom. The highest BCUT2D eigenvalue weighted by Crippen LogP contribution is 2.22. The summed E-state index contributed by atoms with van der Waals surface area (Å²) in [6.45, 7) is 0.246. The third-order valence-electron chi connectivity index (χ3n) is 3.96. The van der Waals surface area contributed by atoms with Crippen molar-refractivity contribution in [3.63, 3.8) is 0 Å². The van der Waals surface area contributed by atoms with E-state index in [1.165, 1.54) is 0 Å². The van der Waals surface area contributed by atoms with E-state index in [1.54, 1.807) is 43.5 Å². The van der Waals surface area contributed by atoms with Crippen LogP contribution in [0.2, 0.25) is 0 Å². The van der Waals surface area contributed by atoms with Crippen molar-refractivity contribution in [2.24, 2.45) is 5.73 Å². The van der Waals surface area contributed by atoms with Crippen LogP contribution in [-0.2, 0) is 0 Å². The molecule has 0 aliphatic heterocycles. The third-order valence-corrected chi connectivity index (χ3v) is 3.96. The van der Waals surface area contributed by atoms with Gasteiger partial charge < -0.3 is 20.9 Å². The molecular formula is C19H19N3O3. The number of nitrogens with one attached hydrogen (secondary N) is 1. The van der Waals surface area contributed by atoms with Crippen molar-refractivity contribution in [3.05, 3.63) is 65.7 Å². The van der Waals surface area contributed by atoms with Crippen LogP contribution in [0.25, 0.3) is 10.9 Å². The van der Waals surface area contributed by atoms with Crippen molar-refractivity contribution in [2.75, 3.05) is 19.0 Å². The van der Waals surface area contributed by atoms with Gasteiger partial charge in [0.1, 0.15) is 11.6 Å². The maximum absolute atomic E-state index is 11.7. The number of ether oxygens (including phenoxy) is 1. The Hall–Kier alpha value is -3.12. The summed E-state index contributed by atoms with van der Waals surface area (Å²) in [4.78, 5) is 16.2. The molecule has 3 aromatic rings. The molecule has 6 nitrogen and oxygen atoms in total. The van der Waals surface area contributed by atoms with Gasteiger partial charge in [0, 0.05) is 11.9 Å². The Balaban J connectivity index is 1.79. The summed E-state index contributed by atoms with van der Waals surface area (Å²) < 4.78 is 5.10. The van der Waals surface area contributed by atoms with E-state index in [1.807, 2.05) is 18.2 Å². The zero-order chi connectivity index (χ0) is 17.8. The number of nitrogens with two attached hydrogens (primary N) is 1. The highest BCUT2D eigenvalue weighted by molar-refractivity contribution is 6.06. The van der Waals surface area contributed by atoms with Gasteiger partial charge in [-0.3, -0.25) is 4.79 Å². The van der Waals surface area contributed by atoms with Gasteiger partial charge >= 0.3 is 0 Å². The number of aliphatic hydroxyl groups excluding tert-OH is 1. The van der Waals surface area contributed by atoms with Crippen molar-refractivity contribution < 1.29 is 14.6 Å². The quantitative estimate of drug-likeness (QED) is 0.642. The number of aliphatic hydroxyl groups is 1. The number of carbonyl (C=O) groups is 1. The Labute approximate surface area is 145 Å². The summed E-state index contributed by atoms with van der Waals surface area (Å²) in [5.74, 6) is 0.698. The molecular weight excluding hydrogens is 318 g/mol. The molecule has 0 aliphatic carbocycles. The maximum atomic E-state index is 11.7. The number of hydrogen-bond donors (Lipinski definition) is 3. The minimum atomic E-state index is -0.726. The summed E-state index contributed by atoms with van der Waals surface area (Å²) in [5, 5.41) is 14.1. The van der Waals surface area contributed by atoms with Crippen molar-refractivity contribution >= 4 is 22.6 Å². The summed E-state index contributed by atoms with van der Waals surface area (Å²) >= 11 is 0. The molecule has 2 aromatic carbocycles. The number of methoxy groups -OCH3 is 1. The summed E-state index contributed by atoms with van der Waals surface area (Å²) in [5.41, 5.74) is 7.28. The lowest BCUT2D eigenvalue weighted by Crippen LogP contribution is -2.15. The molecule has 0 spiro atoms. The first-order chi connectivity index (χ1) is 12.1. The van der Waals surface area contributed by atoms with E-state index in [2.05, 4.69) is 10.3 Å². The summed E-state index contributed by atoms with van der Waals surface area (Å²) in [6.07, 6.45) is -0.726. The first-order valence-electron chi connectivity index (χ1n) is 7.84. The fourth-order valence-corrected chi connectivity index (χ4v) is 2.61. The van der Waals surface area contributed by atoms with Gasteiger partial charge in [0.2, 0.25) is 5.91 Å². The largest absolute Gasteiger partial charge is 0.497 e. The van der Waals surface area contributed by atoms with Gasteiger partial charge in [0.25, 0.3) is 0 Å². The van der Waals surface area contributed by atoms with Crippen LogP contribution in [0, 0.1) is 0 Å². The number of aromatic nitrogens is 1. The van der Waals surface area contributed by atoms with E-state index in [-0.39, 0.29) is 6.54 Å². The number of hydrogen-bond acceptors (Lipinski definition) is 5. The zero-order valence-corrected chi connectivity index (χ0v) is 13.8. The molecule has 3 rings (SSSR count). The molecule has 0 saturated carbocycles. The summed E-state index contributed by atoms with van der Waals surface area (Å²) in [7, 11) is 1.59. The highest BCUT2D eigenvalue weighted by atomic mass is 16.5. The van der Waals surface area contributed by atoms with E-state index >= 15 is 0 Å². The molecule has 0 radical (unpaired) electrons. The van der Waals surface area contributed by atoms with Crippen molar-refractivity contribution in [3.8, 4) is 5.75 Å². The molecule has 25 heavy (non-hydrogen) atoms. The predicted octanol–water partition coefficient (Wildman–Crippen LogP) is 2.49. The first-order valence-corrected chi connectivity index (χ1v) is 7.84. The highest BCUT2D eigenvalue weighted by Gasteiger charge is 2.12. The lowest BCUT2D eigenvalue weighted by molar-refractivity contribution is 0.100. The van der Waals surface area contributed by atoms with Gasteiger partial charge in [-0.25, -0.2) is 4.98 Å². The second kappa shape index (κ2) is 7.19. The average Bonchev–Trinajstić information content (AvgIpc) is 2.65. The molecule has 1 amide bonds. The fraction of sp³-hybridized carbons (Fsp3) is 0.158. The SMILES string of the molecule is COc1ccc(C(O)CNc2cc(C(N)=O)c3ccccc3n2)cc1. The second-order valence-corrected chi connectivity index (χ2v) is 5.61. The zero-order valence-electron chi connectivity index (χ0n) is 13.8. The molecule has 4 N–H and O–H groups in total. The van der Waals surface area contributed by atoms with Crippen LogP contribution in [0.3, 0.4) is 0 Å². The Bertz CT molecular complexity index is 894. The van der Waals surface area contributed by atoms with Crippen LogP contribution in [0.15, 0.2) is 54.6 Å². The van der Waals surface area contributed by atoms with E-state index < -0.39 is 12.0 Å². The van der Waals surface area contributed by atoms with E-state index in [0.717, 1.165) is 11.3 Å². The van der Waals surface area contributed by atoms with Gasteiger partial charge in [0.15, 0.2) is 0 Å². The van der Waals surface area contributed by atoms with E-state index in [4.69, 9.17) is 10.5 Å². The van der Waals surface area contributed by atoms with Crippen molar-refractivity contribution in [2.45, 2.75) is 6.10 Å². The number of rotatable bonds is 6. The molecule has 128 valence electrons. The minimum Gasteiger partial charge on any atom is -0.497 e. The van der Waals surface area contributed by atoms with Gasteiger partial charge in [-0.1, -0.05) is 30.3 Å². The number of pyridine rings is 1. The monoisotopic (exact) mass is 337 g/mol. The van der Waals surface area contributed by atoms with Crippen LogP contribution in [-0.4, -0.2) is 29.7 Å². The number of benzene rings is 2. The lowest BCUT2D eigenvalue weighted by Gasteiger charge is -2.14. The Kier molecular flexibility index (Phi) is 4.81. The van der Waals surface area contributed by atoms with Crippen LogP contribution in [0.5, 0.6) is 5.75 Å². The lowest BCUT2D eigenvalue weighted by atomic mass is 10.1. The molecule has 0 aliphatic rings. The number of anilines is 1. The van der Waals surface area contributed by atoms with E-state index in [0.29, 0.717) is 22.3 Å². The third kappa shape index (κ3) is 3.70. The molecule has 0 bridgehead atoms. The van der Waals surface area contributed by atoms with Crippen LogP contribution in [0.4, 0.5) is 5.82 Å². The van der Waals surface area contributed by atoms with Crippen LogP contribution in [0.1, 0.15) is 22.0 Å². The van der Waals surface area contributed by atoms with Crippen molar-refractivity contribution in [1.82, 2.24) is 4.98 Å². The summed E-state index contributed by atoms with van der Waals surface area (Å²) in [6, 6.07) is 16.1. The Morgan fingerprint density at radius 1 is 1.24 bits per heavy atom. The topological polar surface area (TPSA) is 97.5 Å². The number of fused-ring (bicyclic) bond motifs is 1. The molecule has 6 heteroatoms.